The van der Waals surface area contributed by atoms with Crippen molar-refractivity contribution in [1.29, 1.82) is 0 Å². The van der Waals surface area contributed by atoms with Gasteiger partial charge in [-0.15, -0.1) is 10.2 Å². The Morgan fingerprint density at radius 3 is 2.71 bits per heavy atom. The number of benzene rings is 1. The van der Waals surface area contributed by atoms with Crippen LogP contribution < -0.4 is 25.8 Å². The number of ether oxygens (including phenoxy) is 2. The zero-order valence-electron chi connectivity index (χ0n) is 18.0. The zero-order valence-corrected chi connectivity index (χ0v) is 18.8. The first-order valence-corrected chi connectivity index (χ1v) is 11.3. The molecular weight excluding hydrogens is 464 g/mol. The number of rotatable bonds is 9. The minimum Gasteiger partial charge on any atom is -0.486 e. The second kappa shape index (κ2) is 10.7. The number of hydrogen-bond acceptors (Lipinski definition) is 9. The van der Waals surface area contributed by atoms with E-state index >= 15 is 0 Å². The molecule has 4 N–H and O–H groups in total. The van der Waals surface area contributed by atoms with E-state index in [2.05, 4.69) is 20.8 Å². The predicted octanol–water partition coefficient (Wildman–Crippen LogP) is 1.55. The molecule has 0 saturated carbocycles. The van der Waals surface area contributed by atoms with E-state index in [1.54, 1.807) is 41.2 Å². The summed E-state index contributed by atoms with van der Waals surface area (Å²) in [6.45, 7) is 1.21. The summed E-state index contributed by atoms with van der Waals surface area (Å²) in [6.07, 6.45) is 1.96. The summed E-state index contributed by atoms with van der Waals surface area (Å²) in [7, 11) is 0. The number of thioether (sulfide) groups is 1. The Balaban J connectivity index is 1.33. The second-order valence-electron chi connectivity index (χ2n) is 7.18. The van der Waals surface area contributed by atoms with Gasteiger partial charge in [-0.05, 0) is 24.3 Å². The predicted molar refractivity (Wildman–Crippen MR) is 121 cm³/mol. The lowest BCUT2D eigenvalue weighted by atomic mass is 10.2. The summed E-state index contributed by atoms with van der Waals surface area (Å²) in [5.41, 5.74) is 5.70. The SMILES string of the molecule is NC(=O)CCc1nnc(SCC(=O)NC(=O)Nc2ccc3c(c2)OCCO3)n1Cc1ccco1. The number of anilines is 1. The molecule has 1 aromatic carbocycles. The quantitative estimate of drug-likeness (QED) is 0.381. The van der Waals surface area contributed by atoms with Gasteiger partial charge in [-0.2, -0.15) is 0 Å². The third-order valence-corrected chi connectivity index (χ3v) is 5.63. The Bertz CT molecular complexity index is 1180. The van der Waals surface area contributed by atoms with Crippen LogP contribution in [0.15, 0.2) is 46.2 Å². The van der Waals surface area contributed by atoms with Gasteiger partial charge in [-0.25, -0.2) is 4.79 Å². The van der Waals surface area contributed by atoms with Crippen molar-refractivity contribution < 1.29 is 28.3 Å². The molecule has 13 heteroatoms. The van der Waals surface area contributed by atoms with Gasteiger partial charge in [0.15, 0.2) is 16.7 Å². The van der Waals surface area contributed by atoms with Crippen LogP contribution in [0.5, 0.6) is 11.5 Å². The highest BCUT2D eigenvalue weighted by atomic mass is 32.2. The summed E-state index contributed by atoms with van der Waals surface area (Å²) in [5.74, 6) is 1.25. The molecule has 0 atom stereocenters. The Labute approximate surface area is 198 Å². The van der Waals surface area contributed by atoms with Crippen LogP contribution in [0.25, 0.3) is 0 Å². The number of furan rings is 1. The average molecular weight is 487 g/mol. The largest absolute Gasteiger partial charge is 0.486 e. The summed E-state index contributed by atoms with van der Waals surface area (Å²) >= 11 is 1.10. The molecule has 0 unspecified atom stereocenters. The van der Waals surface area contributed by atoms with Gasteiger partial charge in [-0.3, -0.25) is 19.5 Å². The summed E-state index contributed by atoms with van der Waals surface area (Å²) in [4.78, 5) is 35.7. The molecule has 4 amide bonds. The monoisotopic (exact) mass is 486 g/mol. The molecule has 12 nitrogen and oxygen atoms in total. The fourth-order valence-corrected chi connectivity index (χ4v) is 3.90. The van der Waals surface area contributed by atoms with E-state index in [4.69, 9.17) is 19.6 Å². The minimum absolute atomic E-state index is 0.0827. The molecule has 4 rings (SSSR count). The second-order valence-corrected chi connectivity index (χ2v) is 8.12. The van der Waals surface area contributed by atoms with Crippen LogP contribution >= 0.6 is 11.8 Å². The van der Waals surface area contributed by atoms with E-state index in [9.17, 15) is 14.4 Å². The number of urea groups is 1. The van der Waals surface area contributed by atoms with Gasteiger partial charge in [0.05, 0.1) is 18.6 Å². The lowest BCUT2D eigenvalue weighted by Gasteiger charge is -2.19. The number of primary amides is 1. The van der Waals surface area contributed by atoms with Crippen molar-refractivity contribution in [3.63, 3.8) is 0 Å². The van der Waals surface area contributed by atoms with Crippen LogP contribution in [0.1, 0.15) is 18.0 Å². The molecule has 34 heavy (non-hydrogen) atoms. The minimum atomic E-state index is -0.679. The standard InChI is InChI=1S/C21H22N6O6S/c22-17(28)5-6-18-25-26-21(27(18)11-14-2-1-7-31-14)34-12-19(29)24-20(30)23-13-3-4-15-16(10-13)33-9-8-32-15/h1-4,7,10H,5-6,8-9,11-12H2,(H2,22,28)(H2,23,24,29,30). The molecule has 2 aromatic heterocycles. The maximum Gasteiger partial charge on any atom is 0.325 e. The van der Waals surface area contributed by atoms with E-state index in [1.165, 1.54) is 0 Å². The number of aryl methyl sites for hydroxylation is 1. The summed E-state index contributed by atoms with van der Waals surface area (Å²) in [6, 6.07) is 7.82. The molecule has 0 fully saturated rings. The molecule has 1 aliphatic rings. The lowest BCUT2D eigenvalue weighted by Crippen LogP contribution is -2.35. The van der Waals surface area contributed by atoms with E-state index in [0.29, 0.717) is 60.1 Å². The number of fused-ring (bicyclic) bond motifs is 1. The molecule has 0 spiro atoms. The fourth-order valence-electron chi connectivity index (χ4n) is 3.14. The van der Waals surface area contributed by atoms with Gasteiger partial charge in [0, 0.05) is 24.6 Å². The number of hydrogen-bond donors (Lipinski definition) is 3. The van der Waals surface area contributed by atoms with Crippen LogP contribution in [0.2, 0.25) is 0 Å². The molecule has 0 aliphatic carbocycles. The number of amides is 4. The first kappa shape index (κ1) is 23.2. The fraction of sp³-hybridized carbons (Fsp3) is 0.286. The molecule has 0 radical (unpaired) electrons. The number of nitrogens with two attached hydrogens (primary N) is 1. The summed E-state index contributed by atoms with van der Waals surface area (Å²) in [5, 5.41) is 13.5. The lowest BCUT2D eigenvalue weighted by molar-refractivity contribution is -0.118. The van der Waals surface area contributed by atoms with Gasteiger partial charge in [0.1, 0.15) is 24.8 Å². The number of carbonyl (C=O) groups excluding carboxylic acids is 3. The summed E-state index contributed by atoms with van der Waals surface area (Å²) < 4.78 is 18.1. The van der Waals surface area contributed by atoms with E-state index in [0.717, 1.165) is 11.8 Å². The van der Waals surface area contributed by atoms with Crippen LogP contribution in [0.3, 0.4) is 0 Å². The van der Waals surface area contributed by atoms with Crippen molar-refractivity contribution in [3.05, 3.63) is 48.2 Å². The Hall–Kier alpha value is -4.00. The zero-order chi connectivity index (χ0) is 23.9. The molecule has 3 aromatic rings. The smallest absolute Gasteiger partial charge is 0.325 e. The van der Waals surface area contributed by atoms with Gasteiger partial charge in [0.2, 0.25) is 11.8 Å². The number of nitrogens with one attached hydrogen (secondary N) is 2. The van der Waals surface area contributed by atoms with Gasteiger partial charge in [0.25, 0.3) is 0 Å². The average Bonchev–Trinajstić information content (AvgIpc) is 3.46. The van der Waals surface area contributed by atoms with Crippen molar-refractivity contribution in [3.8, 4) is 11.5 Å². The van der Waals surface area contributed by atoms with Crippen LogP contribution in [0, 0.1) is 0 Å². The van der Waals surface area contributed by atoms with Crippen molar-refractivity contribution >= 4 is 35.3 Å². The number of nitrogens with zero attached hydrogens (tertiary/aromatic N) is 3. The van der Waals surface area contributed by atoms with Crippen LogP contribution in [0.4, 0.5) is 10.5 Å². The van der Waals surface area contributed by atoms with Gasteiger partial charge in [-0.1, -0.05) is 11.8 Å². The van der Waals surface area contributed by atoms with Crippen LogP contribution in [-0.2, 0) is 22.6 Å². The van der Waals surface area contributed by atoms with Gasteiger partial charge >= 0.3 is 6.03 Å². The van der Waals surface area contributed by atoms with E-state index in [1.807, 2.05) is 0 Å². The van der Waals surface area contributed by atoms with E-state index in [-0.39, 0.29) is 12.2 Å². The highest BCUT2D eigenvalue weighted by molar-refractivity contribution is 7.99. The number of imide groups is 1. The number of carbonyl (C=O) groups is 3. The van der Waals surface area contributed by atoms with Crippen molar-refractivity contribution in [1.82, 2.24) is 20.1 Å². The normalized spacial score (nSPS) is 12.2. The topological polar surface area (TPSA) is 164 Å². The molecule has 0 saturated heterocycles. The first-order chi connectivity index (χ1) is 16.5. The molecule has 0 bridgehead atoms. The Morgan fingerprint density at radius 1 is 1.12 bits per heavy atom. The highest BCUT2D eigenvalue weighted by Crippen LogP contribution is 2.32. The van der Waals surface area contributed by atoms with Crippen molar-refractivity contribution in [2.75, 3.05) is 24.3 Å². The molecule has 178 valence electrons. The molecule has 1 aliphatic heterocycles. The molecule has 3 heterocycles. The van der Waals surface area contributed by atoms with Crippen molar-refractivity contribution in [2.24, 2.45) is 5.73 Å². The maximum absolute atomic E-state index is 12.3. The number of aromatic nitrogens is 3. The van der Waals surface area contributed by atoms with E-state index < -0.39 is 17.8 Å². The van der Waals surface area contributed by atoms with Crippen LogP contribution in [-0.4, -0.2) is 51.6 Å². The molecular formula is C21H22N6O6S. The first-order valence-electron chi connectivity index (χ1n) is 10.3. The maximum atomic E-state index is 12.3. The van der Waals surface area contributed by atoms with Gasteiger partial charge < -0.3 is 24.9 Å². The third kappa shape index (κ3) is 6.07. The Morgan fingerprint density at radius 2 is 1.94 bits per heavy atom. The van der Waals surface area contributed by atoms with Crippen molar-refractivity contribution in [2.45, 2.75) is 24.5 Å². The third-order valence-electron chi connectivity index (χ3n) is 4.67. The Kier molecular flexibility index (Phi) is 7.32. The highest BCUT2D eigenvalue weighted by Gasteiger charge is 2.18.